The van der Waals surface area contributed by atoms with Crippen LogP contribution in [-0.4, -0.2) is 34.7 Å². The van der Waals surface area contributed by atoms with Crippen molar-refractivity contribution in [1.29, 1.82) is 0 Å². The van der Waals surface area contributed by atoms with Gasteiger partial charge in [0, 0.05) is 12.3 Å². The number of furan rings is 1. The molecule has 1 amide bonds. The van der Waals surface area contributed by atoms with Crippen LogP contribution in [0.3, 0.4) is 0 Å². The first-order chi connectivity index (χ1) is 14.9. The quantitative estimate of drug-likeness (QED) is 0.438. The van der Waals surface area contributed by atoms with Gasteiger partial charge in [-0.05, 0) is 28.3 Å². The Balaban J connectivity index is 1.42. The molecule has 1 aliphatic carbocycles. The summed E-state index contributed by atoms with van der Waals surface area (Å²) in [7, 11) is 0. The molecule has 2 aromatic carbocycles. The normalized spacial score (nSPS) is 13.2. The minimum absolute atomic E-state index is 0.0401. The first kappa shape index (κ1) is 20.1. The van der Waals surface area contributed by atoms with E-state index in [-0.39, 0.29) is 24.7 Å². The van der Waals surface area contributed by atoms with Crippen LogP contribution in [0.2, 0.25) is 0 Å². The van der Waals surface area contributed by atoms with E-state index >= 15 is 0 Å². The lowest BCUT2D eigenvalue weighted by Gasteiger charge is -2.17. The summed E-state index contributed by atoms with van der Waals surface area (Å²) < 4.78 is 10.3. The van der Waals surface area contributed by atoms with Crippen LogP contribution in [0.4, 0.5) is 10.7 Å². The predicted molar refractivity (Wildman–Crippen MR) is 109 cm³/mol. The van der Waals surface area contributed by atoms with Crippen LogP contribution in [0.1, 0.15) is 22.8 Å². The number of nitro groups is 1. The van der Waals surface area contributed by atoms with Crippen molar-refractivity contribution in [3.8, 4) is 11.1 Å². The third kappa shape index (κ3) is 4.11. The fourth-order valence-corrected chi connectivity index (χ4v) is 3.76. The van der Waals surface area contributed by atoms with Crippen LogP contribution in [-0.2, 0) is 16.0 Å². The number of fused-ring (bicyclic) bond motifs is 3. The maximum absolute atomic E-state index is 12.3. The average Bonchev–Trinajstić information content (AvgIpc) is 3.35. The summed E-state index contributed by atoms with van der Waals surface area (Å²) in [5, 5.41) is 22.4. The second-order valence-electron chi connectivity index (χ2n) is 7.06. The van der Waals surface area contributed by atoms with E-state index in [2.05, 4.69) is 5.32 Å². The van der Waals surface area contributed by atoms with Crippen molar-refractivity contribution in [3.63, 3.8) is 0 Å². The molecule has 0 saturated heterocycles. The third-order valence-corrected chi connectivity index (χ3v) is 5.17. The largest absolute Gasteiger partial charge is 0.480 e. The molecule has 0 spiro atoms. The molecule has 1 aromatic heterocycles. The van der Waals surface area contributed by atoms with Crippen LogP contribution < -0.4 is 5.32 Å². The van der Waals surface area contributed by atoms with E-state index in [1.165, 1.54) is 6.07 Å². The summed E-state index contributed by atoms with van der Waals surface area (Å²) in [6.07, 6.45) is -1.15. The van der Waals surface area contributed by atoms with Crippen LogP contribution in [0, 0.1) is 10.1 Å². The minimum Gasteiger partial charge on any atom is -0.480 e. The molecule has 0 aliphatic heterocycles. The van der Waals surface area contributed by atoms with Crippen molar-refractivity contribution < 1.29 is 28.8 Å². The van der Waals surface area contributed by atoms with Crippen molar-refractivity contribution >= 4 is 17.9 Å². The Bertz CT molecular complexity index is 1110. The smallest absolute Gasteiger partial charge is 0.433 e. The molecule has 0 fully saturated rings. The first-order valence-corrected chi connectivity index (χ1v) is 9.51. The van der Waals surface area contributed by atoms with Gasteiger partial charge >= 0.3 is 17.9 Å². The van der Waals surface area contributed by atoms with E-state index in [9.17, 15) is 24.8 Å². The number of aliphatic carboxylic acids is 1. The molecule has 1 unspecified atom stereocenters. The van der Waals surface area contributed by atoms with E-state index in [0.29, 0.717) is 0 Å². The van der Waals surface area contributed by atoms with Crippen LogP contribution in [0.5, 0.6) is 0 Å². The van der Waals surface area contributed by atoms with Crippen molar-refractivity contribution in [1.82, 2.24) is 5.32 Å². The highest BCUT2D eigenvalue weighted by atomic mass is 16.6. The summed E-state index contributed by atoms with van der Waals surface area (Å²) in [6.45, 7) is 0.0401. The molecule has 2 N–H and O–H groups in total. The predicted octanol–water partition coefficient (Wildman–Crippen LogP) is 3.72. The molecular formula is C22H18N2O7. The number of rotatable bonds is 7. The lowest BCUT2D eigenvalue weighted by Crippen LogP contribution is -2.42. The zero-order chi connectivity index (χ0) is 22.0. The molecule has 1 atom stereocenters. The molecule has 1 heterocycles. The molecule has 3 aromatic rings. The second kappa shape index (κ2) is 8.31. The van der Waals surface area contributed by atoms with Gasteiger partial charge in [-0.15, -0.1) is 0 Å². The summed E-state index contributed by atoms with van der Waals surface area (Å²) >= 11 is 0. The molecule has 1 aliphatic rings. The number of benzene rings is 2. The number of carboxylic acid groups (broad SMARTS) is 1. The Morgan fingerprint density at radius 3 is 2.23 bits per heavy atom. The summed E-state index contributed by atoms with van der Waals surface area (Å²) in [5.41, 5.74) is 4.23. The molecule has 0 bridgehead atoms. The lowest BCUT2D eigenvalue weighted by atomic mass is 9.98. The van der Waals surface area contributed by atoms with Gasteiger partial charge in [0.25, 0.3) is 0 Å². The van der Waals surface area contributed by atoms with Crippen LogP contribution in [0.15, 0.2) is 65.1 Å². The maximum Gasteiger partial charge on any atom is 0.433 e. The van der Waals surface area contributed by atoms with Gasteiger partial charge in [0.1, 0.15) is 23.3 Å². The number of carboxylic acids is 1. The number of carbonyl (C=O) groups is 2. The maximum atomic E-state index is 12.3. The average molecular weight is 422 g/mol. The zero-order valence-electron chi connectivity index (χ0n) is 16.2. The van der Waals surface area contributed by atoms with Gasteiger partial charge in [-0.3, -0.25) is 10.1 Å². The Kier molecular flexibility index (Phi) is 5.40. The standard InChI is InChI=1S/C22H18N2O7/c25-21(26)19(11-13-9-10-20(31-13)24(28)29)23-22(27)30-12-18-16-7-3-1-5-14(16)15-6-2-4-8-17(15)18/h1-10,18-19H,11-12H2,(H,23,27)(H,25,26). The van der Waals surface area contributed by atoms with Gasteiger partial charge in [0.2, 0.25) is 0 Å². The van der Waals surface area contributed by atoms with Gasteiger partial charge in [-0.1, -0.05) is 48.5 Å². The Hall–Kier alpha value is -4.14. The van der Waals surface area contributed by atoms with E-state index in [0.717, 1.165) is 28.3 Å². The van der Waals surface area contributed by atoms with Gasteiger partial charge in [-0.2, -0.15) is 0 Å². The van der Waals surface area contributed by atoms with E-state index in [1.807, 2.05) is 48.5 Å². The Morgan fingerprint density at radius 2 is 1.68 bits per heavy atom. The van der Waals surface area contributed by atoms with Crippen molar-refractivity contribution in [2.24, 2.45) is 0 Å². The van der Waals surface area contributed by atoms with Crippen molar-refractivity contribution in [2.75, 3.05) is 6.61 Å². The monoisotopic (exact) mass is 422 g/mol. The second-order valence-corrected chi connectivity index (χ2v) is 7.06. The summed E-state index contributed by atoms with van der Waals surface area (Å²) in [5.74, 6) is -1.90. The number of alkyl carbamates (subject to hydrolysis) is 1. The van der Waals surface area contributed by atoms with Gasteiger partial charge < -0.3 is 19.6 Å². The summed E-state index contributed by atoms with van der Waals surface area (Å²) in [6, 6.07) is 16.8. The molecule has 4 rings (SSSR count). The number of amides is 1. The fraction of sp³-hybridized carbons (Fsp3) is 0.182. The number of nitrogens with zero attached hydrogens (tertiary/aromatic N) is 1. The number of ether oxygens (including phenoxy) is 1. The van der Waals surface area contributed by atoms with E-state index < -0.39 is 28.9 Å². The topological polar surface area (TPSA) is 132 Å². The molecule has 31 heavy (non-hydrogen) atoms. The number of carbonyl (C=O) groups excluding carboxylic acids is 1. The third-order valence-electron chi connectivity index (χ3n) is 5.17. The highest BCUT2D eigenvalue weighted by molar-refractivity contribution is 5.81. The molecule has 158 valence electrons. The van der Waals surface area contributed by atoms with E-state index in [4.69, 9.17) is 9.15 Å². The minimum atomic E-state index is -1.36. The molecule has 9 heteroatoms. The molecule has 0 saturated carbocycles. The van der Waals surface area contributed by atoms with Crippen molar-refractivity contribution in [2.45, 2.75) is 18.4 Å². The van der Waals surface area contributed by atoms with Crippen LogP contribution >= 0.6 is 0 Å². The first-order valence-electron chi connectivity index (χ1n) is 9.51. The number of hydrogen-bond acceptors (Lipinski definition) is 6. The molecule has 9 nitrogen and oxygen atoms in total. The highest BCUT2D eigenvalue weighted by Crippen LogP contribution is 2.44. The summed E-state index contributed by atoms with van der Waals surface area (Å²) in [4.78, 5) is 33.8. The molecule has 0 radical (unpaired) electrons. The highest BCUT2D eigenvalue weighted by Gasteiger charge is 2.30. The number of nitrogens with one attached hydrogen (secondary N) is 1. The van der Waals surface area contributed by atoms with Crippen LogP contribution in [0.25, 0.3) is 11.1 Å². The van der Waals surface area contributed by atoms with Gasteiger partial charge in [0.05, 0.1) is 6.07 Å². The molecular weight excluding hydrogens is 404 g/mol. The Labute approximate surface area is 176 Å². The lowest BCUT2D eigenvalue weighted by molar-refractivity contribution is -0.402. The van der Waals surface area contributed by atoms with E-state index in [1.54, 1.807) is 0 Å². The Morgan fingerprint density at radius 1 is 1.06 bits per heavy atom. The fourth-order valence-electron chi connectivity index (χ4n) is 3.76. The van der Waals surface area contributed by atoms with Crippen molar-refractivity contribution in [3.05, 3.63) is 87.7 Å². The SMILES string of the molecule is O=C(NC(Cc1ccc([N+](=O)[O-])o1)C(=O)O)OCC1c2ccccc2-c2ccccc21. The zero-order valence-corrected chi connectivity index (χ0v) is 16.2. The van der Waals surface area contributed by atoms with Gasteiger partial charge in [-0.25, -0.2) is 9.59 Å². The number of hydrogen-bond donors (Lipinski definition) is 2. The van der Waals surface area contributed by atoms with Gasteiger partial charge in [0.15, 0.2) is 0 Å².